The van der Waals surface area contributed by atoms with Crippen LogP contribution in [-0.4, -0.2) is 36.0 Å². The Bertz CT molecular complexity index is 1630. The molecule has 0 N–H and O–H groups in total. The van der Waals surface area contributed by atoms with E-state index in [9.17, 15) is 9.59 Å². The van der Waals surface area contributed by atoms with Crippen LogP contribution in [0.15, 0.2) is 59.8 Å². The Balaban J connectivity index is -0.0000000956. The van der Waals surface area contributed by atoms with Gasteiger partial charge in [0, 0.05) is 23.7 Å². The fraction of sp³-hybridized carbons (Fsp3) is 0.812. The summed E-state index contributed by atoms with van der Waals surface area (Å²) in [4.78, 5) is 23.6. The molecule has 0 radical (unpaired) electrons. The zero-order valence-corrected chi connectivity index (χ0v) is 29.1. The molecule has 0 amide bonds. The molecule has 0 aromatic carbocycles. The third-order valence-electron chi connectivity index (χ3n) is 17.7. The summed E-state index contributed by atoms with van der Waals surface area (Å²) < 4.78 is 12.9. The van der Waals surface area contributed by atoms with Crippen molar-refractivity contribution in [2.45, 2.75) is 251 Å². The Labute approximate surface area is 434 Å². The van der Waals surface area contributed by atoms with Crippen LogP contribution in [0.1, 0.15) is 239 Å². The van der Waals surface area contributed by atoms with Crippen LogP contribution < -0.4 is 0 Å². The minimum atomic E-state index is 0. The van der Waals surface area contributed by atoms with Crippen LogP contribution in [0.4, 0.5) is 0 Å². The quantitative estimate of drug-likeness (QED) is 0.227. The maximum absolute atomic E-state index is 11.8. The van der Waals surface area contributed by atoms with Crippen LogP contribution in [-0.2, 0) is 19.1 Å². The molecule has 2 spiro atoms. The molecule has 0 unspecified atom stereocenters. The molecule has 12 rings (SSSR count). The number of hydrogen-bond donors (Lipinski definition) is 0. The number of allylic oxidation sites excluding steroid dienone is 5. The third-order valence-corrected chi connectivity index (χ3v) is 17.7. The zero-order valence-electron chi connectivity index (χ0n) is 29.1. The summed E-state index contributed by atoms with van der Waals surface area (Å²) in [5.41, 5.74) is 3.62. The van der Waals surface area contributed by atoms with Crippen molar-refractivity contribution in [1.29, 1.82) is 0 Å². The summed E-state index contributed by atoms with van der Waals surface area (Å²) in [6, 6.07) is 0. The van der Waals surface area contributed by atoms with E-state index in [0.29, 0.717) is 34.2 Å². The monoisotopic (exact) mass is 967 g/mol. The maximum Gasteiger partial charge on any atom is 0.155 e. The van der Waals surface area contributed by atoms with Crippen molar-refractivity contribution < 1.29 is 19.1 Å². The standard InChI is InChI=1S/C22H28O2.C22H26O2.20CH4/c2*1-21-9-7-16-15-6-4-14(23)11-13(15)3-5-17(16)20(21)18-12-19(18)22(21)8-2-10-24-22;;;;;;;;;;;;;;;;;;;;/h2,8,11,15-20H,3-7,9-10,12H2,1H3;2-3,5,8,11,15-20H,4,6-7,9-10,12H2,1H3;20*1H4/t2*15-,16+,17+,18-,19+,20+,21-,22-;;;;;;;;;;;;;;;;;;;;/m00..................../s1. The van der Waals surface area contributed by atoms with Gasteiger partial charge in [-0.1, -0.05) is 204 Å². The molecule has 414 valence electrons. The van der Waals surface area contributed by atoms with Gasteiger partial charge in [-0.25, -0.2) is 0 Å². The predicted octanol–water partition coefficient (Wildman–Crippen LogP) is 21.1. The first-order valence-corrected chi connectivity index (χ1v) is 20.1. The molecule has 7 saturated carbocycles. The molecule has 68 heavy (non-hydrogen) atoms. The average Bonchev–Trinajstić information content (AvgIpc) is 3.87. The van der Waals surface area contributed by atoms with E-state index in [1.807, 2.05) is 12.2 Å². The Hall–Kier alpha value is -2.04. The van der Waals surface area contributed by atoms with Gasteiger partial charge in [-0.3, -0.25) is 9.59 Å². The topological polar surface area (TPSA) is 52.6 Å². The first kappa shape index (κ1) is 88.9. The Kier molecular flexibility index (Phi) is 39.3. The zero-order chi connectivity index (χ0) is 32.2. The number of fused-ring (bicyclic) bond motifs is 18. The summed E-state index contributed by atoms with van der Waals surface area (Å²) in [7, 11) is 0. The second-order valence-electron chi connectivity index (χ2n) is 19.0. The summed E-state index contributed by atoms with van der Waals surface area (Å²) in [5.74, 6) is 10.2. The normalized spacial score (nSPS) is 40.1. The molecule has 0 saturated heterocycles. The van der Waals surface area contributed by atoms with Crippen LogP contribution in [0.2, 0.25) is 0 Å². The van der Waals surface area contributed by atoms with Gasteiger partial charge in [-0.15, -0.1) is 0 Å². The lowest BCUT2D eigenvalue weighted by Gasteiger charge is -2.57. The van der Waals surface area contributed by atoms with Gasteiger partial charge < -0.3 is 9.47 Å². The van der Waals surface area contributed by atoms with Crippen molar-refractivity contribution in [3.05, 3.63) is 59.8 Å². The average molecular weight is 968 g/mol. The minimum Gasteiger partial charge on any atom is -0.366 e. The fourth-order valence-corrected chi connectivity index (χ4v) is 16.0. The highest BCUT2D eigenvalue weighted by molar-refractivity contribution is 5.92. The molecule has 4 nitrogen and oxygen atoms in total. The van der Waals surface area contributed by atoms with Crippen molar-refractivity contribution in [2.75, 3.05) is 13.2 Å². The number of carbonyl (C=O) groups is 2. The molecule has 7 fully saturated rings. The van der Waals surface area contributed by atoms with E-state index in [0.717, 1.165) is 98.1 Å². The highest BCUT2D eigenvalue weighted by atomic mass is 16.5. The largest absolute Gasteiger partial charge is 0.366 e. The third kappa shape index (κ3) is 11.3. The summed E-state index contributed by atoms with van der Waals surface area (Å²) in [5, 5.41) is 0. The van der Waals surface area contributed by atoms with Crippen molar-refractivity contribution in [2.24, 2.45) is 81.8 Å². The molecule has 16 atom stereocenters. The Morgan fingerprint density at radius 1 is 0.471 bits per heavy atom. The van der Waals surface area contributed by atoms with Crippen LogP contribution in [0.25, 0.3) is 0 Å². The molecule has 12 aliphatic rings. The smallest absolute Gasteiger partial charge is 0.155 e. The van der Waals surface area contributed by atoms with E-state index in [4.69, 9.17) is 9.47 Å². The SMILES string of the molecule is C.C.C.C.C.C.C.C.C.C.C.C.C.C.C.C.C.C.C.C.C[C@]12CC[C@H]3[C@@H](C=CC4=CC(=O)CC[C@@H]43)[C@@H]1[C@H]1C[C@H]1[C@@]21C=CCO1.C[C@]12CC[C@H]3[C@@H](CCC4=CC(=O)CC[C@@H]43)[C@@H]1[C@H]1C[C@H]1[C@@]21C=CCO1. The van der Waals surface area contributed by atoms with Gasteiger partial charge in [0.15, 0.2) is 11.6 Å². The van der Waals surface area contributed by atoms with Gasteiger partial charge in [0.25, 0.3) is 0 Å². The van der Waals surface area contributed by atoms with E-state index in [2.05, 4.69) is 50.3 Å². The van der Waals surface area contributed by atoms with Crippen molar-refractivity contribution in [3.8, 4) is 0 Å². The van der Waals surface area contributed by atoms with E-state index in [-0.39, 0.29) is 160 Å². The number of ether oxygens (including phenoxy) is 2. The van der Waals surface area contributed by atoms with Gasteiger partial charge in [0.05, 0.1) is 24.4 Å². The molecule has 0 bridgehead atoms. The van der Waals surface area contributed by atoms with E-state index >= 15 is 0 Å². The van der Waals surface area contributed by atoms with E-state index < -0.39 is 0 Å². The van der Waals surface area contributed by atoms with E-state index in [1.165, 1.54) is 62.5 Å². The summed E-state index contributed by atoms with van der Waals surface area (Å²) in [6.07, 6.45) is 32.5. The van der Waals surface area contributed by atoms with Crippen LogP contribution >= 0.6 is 0 Å². The van der Waals surface area contributed by atoms with Gasteiger partial charge in [-0.2, -0.15) is 0 Å². The second kappa shape index (κ2) is 30.1. The molecular formula is C64H134O4. The van der Waals surface area contributed by atoms with Gasteiger partial charge in [0.1, 0.15) is 0 Å². The molecule has 0 aromatic heterocycles. The van der Waals surface area contributed by atoms with Crippen molar-refractivity contribution in [1.82, 2.24) is 0 Å². The fourth-order valence-electron chi connectivity index (χ4n) is 16.0. The Morgan fingerprint density at radius 2 is 0.912 bits per heavy atom. The number of hydrogen-bond acceptors (Lipinski definition) is 4. The molecule has 2 aliphatic heterocycles. The van der Waals surface area contributed by atoms with E-state index in [1.54, 1.807) is 0 Å². The van der Waals surface area contributed by atoms with Crippen LogP contribution in [0.3, 0.4) is 0 Å². The van der Waals surface area contributed by atoms with Gasteiger partial charge in [0.2, 0.25) is 0 Å². The highest BCUT2D eigenvalue weighted by Crippen LogP contribution is 2.78. The Morgan fingerprint density at radius 3 is 1.40 bits per heavy atom. The summed E-state index contributed by atoms with van der Waals surface area (Å²) in [6.45, 7) is 6.73. The second-order valence-corrected chi connectivity index (χ2v) is 19.0. The highest BCUT2D eigenvalue weighted by Gasteiger charge is 2.77. The molecule has 4 heteroatoms. The van der Waals surface area contributed by atoms with Gasteiger partial charge >= 0.3 is 0 Å². The molecule has 10 aliphatic carbocycles. The molecular weight excluding hydrogens is 833 g/mol. The molecule has 0 aromatic rings. The van der Waals surface area contributed by atoms with Crippen LogP contribution in [0, 0.1) is 81.8 Å². The number of ketones is 2. The summed E-state index contributed by atoms with van der Waals surface area (Å²) >= 11 is 0. The van der Waals surface area contributed by atoms with Crippen molar-refractivity contribution >= 4 is 11.6 Å². The predicted molar refractivity (Wildman–Crippen MR) is 319 cm³/mol. The van der Waals surface area contributed by atoms with Gasteiger partial charge in [-0.05, 0) is 153 Å². The first-order chi connectivity index (χ1) is 23.3. The number of rotatable bonds is 0. The van der Waals surface area contributed by atoms with Crippen LogP contribution in [0.5, 0.6) is 0 Å². The minimum absolute atomic E-state index is 0. The lowest BCUT2D eigenvalue weighted by Crippen LogP contribution is -2.54. The lowest BCUT2D eigenvalue weighted by atomic mass is 9.49. The lowest BCUT2D eigenvalue weighted by molar-refractivity contribution is -0.132. The number of carbonyl (C=O) groups excluding carboxylic acids is 2. The van der Waals surface area contributed by atoms with Crippen molar-refractivity contribution in [3.63, 3.8) is 0 Å². The maximum atomic E-state index is 11.8. The first-order valence-electron chi connectivity index (χ1n) is 20.1. The molecule has 2 heterocycles.